The lowest BCUT2D eigenvalue weighted by Gasteiger charge is -2.26. The first-order valence-electron chi connectivity index (χ1n) is 5.64. The summed E-state index contributed by atoms with van der Waals surface area (Å²) in [5.74, 6) is 0.807. The van der Waals surface area contributed by atoms with Crippen LogP contribution < -0.4 is 11.1 Å². The molecule has 0 fully saturated rings. The summed E-state index contributed by atoms with van der Waals surface area (Å²) in [6.07, 6.45) is 4.19. The van der Waals surface area contributed by atoms with Crippen LogP contribution in [0.2, 0.25) is 0 Å². The van der Waals surface area contributed by atoms with Gasteiger partial charge in [-0.2, -0.15) is 5.10 Å². The first kappa shape index (κ1) is 11.8. The number of nitrogens with one attached hydrogen (secondary N) is 1. The number of aryl methyl sites for hydroxylation is 1. The van der Waals surface area contributed by atoms with Crippen molar-refractivity contribution in [3.05, 3.63) is 12.5 Å². The molecular formula is C11H18N6. The number of aromatic nitrogens is 4. The first-order valence-corrected chi connectivity index (χ1v) is 5.64. The normalized spacial score (nSPS) is 12.0. The Labute approximate surface area is 100 Å². The van der Waals surface area contributed by atoms with Gasteiger partial charge in [-0.1, -0.05) is 0 Å². The summed E-state index contributed by atoms with van der Waals surface area (Å²) in [4.78, 5) is 8.47. The number of nitrogens with two attached hydrogens (primary N) is 1. The maximum Gasteiger partial charge on any atom is 0.163 e. The van der Waals surface area contributed by atoms with E-state index in [1.807, 2.05) is 7.05 Å². The quantitative estimate of drug-likeness (QED) is 0.821. The highest BCUT2D eigenvalue weighted by molar-refractivity contribution is 5.86. The van der Waals surface area contributed by atoms with Gasteiger partial charge in [-0.25, -0.2) is 9.97 Å². The Balaban J connectivity index is 2.36. The molecule has 0 saturated carbocycles. The molecule has 92 valence electrons. The smallest absolute Gasteiger partial charge is 0.163 e. The van der Waals surface area contributed by atoms with Gasteiger partial charge in [0.2, 0.25) is 0 Å². The molecule has 0 amide bonds. The Morgan fingerprint density at radius 2 is 2.18 bits per heavy atom. The highest BCUT2D eigenvalue weighted by Gasteiger charge is 2.19. The average Bonchev–Trinajstić information content (AvgIpc) is 2.61. The number of hydrogen-bond donors (Lipinski definition) is 2. The summed E-state index contributed by atoms with van der Waals surface area (Å²) in [6, 6.07) is 0. The standard InChI is InChI=1S/C11H18N6/c1-11(2,4-5-12)16-9-8-6-15-17(3)10(8)14-7-13-9/h6-7H,4-5,12H2,1-3H3,(H,13,14,16). The van der Waals surface area contributed by atoms with E-state index in [1.54, 1.807) is 17.2 Å². The fraction of sp³-hybridized carbons (Fsp3) is 0.545. The Morgan fingerprint density at radius 3 is 2.88 bits per heavy atom. The van der Waals surface area contributed by atoms with Crippen molar-refractivity contribution in [2.24, 2.45) is 12.8 Å². The predicted octanol–water partition coefficient (Wildman–Crippen LogP) is 0.903. The summed E-state index contributed by atoms with van der Waals surface area (Å²) in [5, 5.41) is 8.50. The van der Waals surface area contributed by atoms with Crippen LogP contribution in [-0.2, 0) is 7.05 Å². The van der Waals surface area contributed by atoms with Gasteiger partial charge in [0, 0.05) is 12.6 Å². The first-order chi connectivity index (χ1) is 8.03. The molecule has 0 radical (unpaired) electrons. The Hall–Kier alpha value is -1.69. The lowest BCUT2D eigenvalue weighted by atomic mass is 10.0. The maximum atomic E-state index is 5.60. The topological polar surface area (TPSA) is 81.7 Å². The molecule has 0 aliphatic heterocycles. The molecule has 6 nitrogen and oxygen atoms in total. The molecule has 2 aromatic heterocycles. The van der Waals surface area contributed by atoms with E-state index in [1.165, 1.54) is 0 Å². The van der Waals surface area contributed by atoms with Crippen LogP contribution in [0.5, 0.6) is 0 Å². The minimum Gasteiger partial charge on any atom is -0.364 e. The van der Waals surface area contributed by atoms with Crippen LogP contribution in [0.4, 0.5) is 5.82 Å². The van der Waals surface area contributed by atoms with E-state index >= 15 is 0 Å². The molecule has 0 atom stereocenters. The summed E-state index contributed by atoms with van der Waals surface area (Å²) >= 11 is 0. The molecule has 3 N–H and O–H groups in total. The number of nitrogens with zero attached hydrogens (tertiary/aromatic N) is 4. The molecule has 2 heterocycles. The Bertz CT molecular complexity index is 516. The molecule has 0 spiro atoms. The molecule has 0 unspecified atom stereocenters. The van der Waals surface area contributed by atoms with Crippen molar-refractivity contribution in [1.29, 1.82) is 0 Å². The van der Waals surface area contributed by atoms with Crippen LogP contribution >= 0.6 is 0 Å². The second-order valence-electron chi connectivity index (χ2n) is 4.78. The van der Waals surface area contributed by atoms with Crippen LogP contribution in [0.15, 0.2) is 12.5 Å². The largest absolute Gasteiger partial charge is 0.364 e. The summed E-state index contributed by atoms with van der Waals surface area (Å²) < 4.78 is 1.73. The predicted molar refractivity (Wildman–Crippen MR) is 67.7 cm³/mol. The zero-order valence-electron chi connectivity index (χ0n) is 10.4. The number of fused-ring (bicyclic) bond motifs is 1. The van der Waals surface area contributed by atoms with Gasteiger partial charge in [0.05, 0.1) is 11.6 Å². The van der Waals surface area contributed by atoms with Gasteiger partial charge in [-0.3, -0.25) is 4.68 Å². The van der Waals surface area contributed by atoms with Gasteiger partial charge >= 0.3 is 0 Å². The van der Waals surface area contributed by atoms with Crippen molar-refractivity contribution in [1.82, 2.24) is 19.7 Å². The number of rotatable bonds is 4. The van der Waals surface area contributed by atoms with Crippen molar-refractivity contribution in [2.45, 2.75) is 25.8 Å². The minimum absolute atomic E-state index is 0.0914. The van der Waals surface area contributed by atoms with Crippen molar-refractivity contribution < 1.29 is 0 Å². The van der Waals surface area contributed by atoms with Gasteiger partial charge < -0.3 is 11.1 Å². The van der Waals surface area contributed by atoms with Crippen LogP contribution in [0, 0.1) is 0 Å². The SMILES string of the molecule is Cn1ncc2c(NC(C)(C)CCN)ncnc21. The number of hydrogen-bond acceptors (Lipinski definition) is 5. The minimum atomic E-state index is -0.0914. The summed E-state index contributed by atoms with van der Waals surface area (Å²) in [5.41, 5.74) is 6.33. The van der Waals surface area contributed by atoms with E-state index in [0.717, 1.165) is 23.3 Å². The molecule has 17 heavy (non-hydrogen) atoms. The molecule has 0 saturated heterocycles. The van der Waals surface area contributed by atoms with E-state index in [4.69, 9.17) is 5.73 Å². The zero-order chi connectivity index (χ0) is 12.5. The molecule has 0 aliphatic carbocycles. The van der Waals surface area contributed by atoms with Gasteiger partial charge in [0.25, 0.3) is 0 Å². The molecule has 0 bridgehead atoms. The second kappa shape index (κ2) is 4.29. The van der Waals surface area contributed by atoms with Crippen LogP contribution in [0.3, 0.4) is 0 Å². The molecule has 2 rings (SSSR count). The van der Waals surface area contributed by atoms with E-state index in [0.29, 0.717) is 6.54 Å². The fourth-order valence-corrected chi connectivity index (χ4v) is 1.81. The zero-order valence-corrected chi connectivity index (χ0v) is 10.4. The van der Waals surface area contributed by atoms with E-state index in [9.17, 15) is 0 Å². The van der Waals surface area contributed by atoms with Crippen molar-refractivity contribution >= 4 is 16.9 Å². The van der Waals surface area contributed by atoms with Gasteiger partial charge in [-0.15, -0.1) is 0 Å². The van der Waals surface area contributed by atoms with Gasteiger partial charge in [-0.05, 0) is 26.8 Å². The third-order valence-corrected chi connectivity index (χ3v) is 2.76. The maximum absolute atomic E-state index is 5.60. The van der Waals surface area contributed by atoms with Crippen molar-refractivity contribution in [3.63, 3.8) is 0 Å². The summed E-state index contributed by atoms with van der Waals surface area (Å²) in [6.45, 7) is 4.84. The molecule has 0 aromatic carbocycles. The van der Waals surface area contributed by atoms with Gasteiger partial charge in [0.15, 0.2) is 5.65 Å². The highest BCUT2D eigenvalue weighted by atomic mass is 15.3. The van der Waals surface area contributed by atoms with Crippen molar-refractivity contribution in [2.75, 3.05) is 11.9 Å². The Kier molecular flexibility index (Phi) is 2.97. The third-order valence-electron chi connectivity index (χ3n) is 2.76. The monoisotopic (exact) mass is 234 g/mol. The van der Waals surface area contributed by atoms with Gasteiger partial charge in [0.1, 0.15) is 12.1 Å². The van der Waals surface area contributed by atoms with Crippen LogP contribution in [0.25, 0.3) is 11.0 Å². The van der Waals surface area contributed by atoms with Crippen molar-refractivity contribution in [3.8, 4) is 0 Å². The average molecular weight is 234 g/mol. The highest BCUT2D eigenvalue weighted by Crippen LogP contribution is 2.22. The summed E-state index contributed by atoms with van der Waals surface area (Å²) in [7, 11) is 1.87. The molecule has 0 aliphatic rings. The Morgan fingerprint density at radius 1 is 1.41 bits per heavy atom. The lowest BCUT2D eigenvalue weighted by Crippen LogP contribution is -2.33. The second-order valence-corrected chi connectivity index (χ2v) is 4.78. The van der Waals surface area contributed by atoms with E-state index in [2.05, 4.69) is 34.2 Å². The van der Waals surface area contributed by atoms with E-state index in [-0.39, 0.29) is 5.54 Å². The molecule has 6 heteroatoms. The van der Waals surface area contributed by atoms with Crippen LogP contribution in [0.1, 0.15) is 20.3 Å². The fourth-order valence-electron chi connectivity index (χ4n) is 1.81. The molecular weight excluding hydrogens is 216 g/mol. The third kappa shape index (κ3) is 2.36. The van der Waals surface area contributed by atoms with E-state index < -0.39 is 0 Å². The molecule has 2 aromatic rings. The number of anilines is 1. The lowest BCUT2D eigenvalue weighted by molar-refractivity contribution is 0.525. The van der Waals surface area contributed by atoms with Crippen LogP contribution in [-0.4, -0.2) is 31.8 Å².